The third-order valence-electron chi connectivity index (χ3n) is 5.95. The van der Waals surface area contributed by atoms with Crippen LogP contribution in [0.5, 0.6) is 5.75 Å². The number of para-hydroxylation sites is 1. The maximum atomic E-state index is 13.7. The van der Waals surface area contributed by atoms with Crippen molar-refractivity contribution in [2.45, 2.75) is 52.1 Å². The molecule has 0 saturated carbocycles. The fraction of sp³-hybridized carbons (Fsp3) is 0.333. The highest BCUT2D eigenvalue weighted by Crippen LogP contribution is 2.26. The number of benzene rings is 3. The molecule has 0 aromatic heterocycles. The summed E-state index contributed by atoms with van der Waals surface area (Å²) in [4.78, 5) is 28.7. The highest BCUT2D eigenvalue weighted by Gasteiger charge is 2.30. The van der Waals surface area contributed by atoms with Crippen molar-refractivity contribution >= 4 is 27.7 Å². The zero-order valence-corrected chi connectivity index (χ0v) is 22.8. The average Bonchev–Trinajstić information content (AvgIpc) is 2.88. The lowest BCUT2D eigenvalue weighted by Crippen LogP contribution is -2.51. The Morgan fingerprint density at radius 3 is 2.33 bits per heavy atom. The molecule has 1 N–H and O–H groups in total. The molecule has 0 spiro atoms. The fourth-order valence-corrected chi connectivity index (χ4v) is 4.51. The van der Waals surface area contributed by atoms with E-state index in [0.29, 0.717) is 25.3 Å². The SMILES string of the molecule is CCCNC(=O)[C@H](Cc1ccccc1)N(Cc1cccc(Br)c1)C(=O)COc1ccccc1C(C)C. The molecule has 5 nitrogen and oxygen atoms in total. The van der Waals surface area contributed by atoms with Crippen LogP contribution in [-0.4, -0.2) is 35.9 Å². The van der Waals surface area contributed by atoms with Crippen LogP contribution in [0.1, 0.15) is 49.8 Å². The van der Waals surface area contributed by atoms with E-state index in [9.17, 15) is 9.59 Å². The Kier molecular flexibility index (Phi) is 10.6. The highest BCUT2D eigenvalue weighted by molar-refractivity contribution is 9.10. The van der Waals surface area contributed by atoms with Gasteiger partial charge >= 0.3 is 0 Å². The van der Waals surface area contributed by atoms with E-state index in [4.69, 9.17) is 4.74 Å². The van der Waals surface area contributed by atoms with E-state index in [2.05, 4.69) is 35.1 Å². The number of rotatable bonds is 12. The van der Waals surface area contributed by atoms with Gasteiger partial charge in [-0.25, -0.2) is 0 Å². The zero-order valence-electron chi connectivity index (χ0n) is 21.2. The molecule has 0 heterocycles. The second-order valence-electron chi connectivity index (χ2n) is 9.13. The molecular weight excluding hydrogens is 516 g/mol. The molecule has 3 aromatic carbocycles. The Labute approximate surface area is 223 Å². The maximum Gasteiger partial charge on any atom is 0.261 e. The van der Waals surface area contributed by atoms with Crippen molar-refractivity contribution in [2.75, 3.05) is 13.2 Å². The monoisotopic (exact) mass is 550 g/mol. The minimum absolute atomic E-state index is 0.149. The Morgan fingerprint density at radius 1 is 0.944 bits per heavy atom. The molecule has 2 amide bonds. The van der Waals surface area contributed by atoms with Gasteiger partial charge in [0.05, 0.1) is 0 Å². The smallest absolute Gasteiger partial charge is 0.261 e. The first-order chi connectivity index (χ1) is 17.4. The number of nitrogens with one attached hydrogen (secondary N) is 1. The number of ether oxygens (including phenoxy) is 1. The van der Waals surface area contributed by atoms with Crippen LogP contribution in [0.15, 0.2) is 83.3 Å². The van der Waals surface area contributed by atoms with E-state index >= 15 is 0 Å². The van der Waals surface area contributed by atoms with Crippen molar-refractivity contribution in [3.63, 3.8) is 0 Å². The zero-order chi connectivity index (χ0) is 25.9. The highest BCUT2D eigenvalue weighted by atomic mass is 79.9. The summed E-state index contributed by atoms with van der Waals surface area (Å²) in [5.41, 5.74) is 2.97. The largest absolute Gasteiger partial charge is 0.483 e. The van der Waals surface area contributed by atoms with Gasteiger partial charge in [-0.3, -0.25) is 9.59 Å². The number of hydrogen-bond acceptors (Lipinski definition) is 3. The molecule has 190 valence electrons. The molecule has 0 aliphatic rings. The molecule has 0 aliphatic carbocycles. The fourth-order valence-electron chi connectivity index (χ4n) is 4.06. The number of halogens is 1. The van der Waals surface area contributed by atoms with Crippen LogP contribution in [0.25, 0.3) is 0 Å². The summed E-state index contributed by atoms with van der Waals surface area (Å²) >= 11 is 3.52. The van der Waals surface area contributed by atoms with Gasteiger partial charge in [0.1, 0.15) is 11.8 Å². The molecule has 6 heteroatoms. The second-order valence-corrected chi connectivity index (χ2v) is 10.0. The van der Waals surface area contributed by atoms with E-state index < -0.39 is 6.04 Å². The predicted octanol–water partition coefficient (Wildman–Crippen LogP) is 6.12. The van der Waals surface area contributed by atoms with E-state index in [1.165, 1.54) is 0 Å². The molecule has 0 unspecified atom stereocenters. The van der Waals surface area contributed by atoms with Gasteiger partial charge < -0.3 is 15.0 Å². The molecular formula is C30H35BrN2O3. The molecule has 0 aliphatic heterocycles. The van der Waals surface area contributed by atoms with Crippen LogP contribution >= 0.6 is 15.9 Å². The minimum atomic E-state index is -0.672. The standard InChI is InChI=1S/C30H35BrN2O3/c1-4-17-32-30(35)27(19-23-11-6-5-7-12-23)33(20-24-13-10-14-25(31)18-24)29(34)21-36-28-16-9-8-15-26(28)22(2)3/h5-16,18,22,27H,4,17,19-21H2,1-3H3,(H,32,35)/t27-/m0/s1. The lowest BCUT2D eigenvalue weighted by Gasteiger charge is -2.31. The molecule has 0 saturated heterocycles. The quantitative estimate of drug-likeness (QED) is 0.295. The van der Waals surface area contributed by atoms with Crippen LogP contribution in [-0.2, 0) is 22.6 Å². The molecule has 0 bridgehead atoms. The molecule has 3 rings (SSSR count). The van der Waals surface area contributed by atoms with Gasteiger partial charge in [-0.2, -0.15) is 0 Å². The topological polar surface area (TPSA) is 58.6 Å². The molecule has 0 radical (unpaired) electrons. The first-order valence-electron chi connectivity index (χ1n) is 12.5. The summed E-state index contributed by atoms with van der Waals surface area (Å²) in [5, 5.41) is 3.00. The van der Waals surface area contributed by atoms with E-state index in [1.807, 2.05) is 85.8 Å². The van der Waals surface area contributed by atoms with Crippen LogP contribution in [0.2, 0.25) is 0 Å². The number of carbonyl (C=O) groups excluding carboxylic acids is 2. The van der Waals surface area contributed by atoms with E-state index in [-0.39, 0.29) is 24.3 Å². The van der Waals surface area contributed by atoms with Gasteiger partial charge in [-0.15, -0.1) is 0 Å². The van der Waals surface area contributed by atoms with E-state index in [1.54, 1.807) is 4.90 Å². The Morgan fingerprint density at radius 2 is 1.64 bits per heavy atom. The lowest BCUT2D eigenvalue weighted by molar-refractivity contribution is -0.142. The Hall–Kier alpha value is -3.12. The summed E-state index contributed by atoms with van der Waals surface area (Å²) < 4.78 is 6.95. The Bertz CT molecular complexity index is 1130. The van der Waals surface area contributed by atoms with Crippen molar-refractivity contribution < 1.29 is 14.3 Å². The van der Waals surface area contributed by atoms with E-state index in [0.717, 1.165) is 27.6 Å². The van der Waals surface area contributed by atoms with Gasteiger partial charge in [0.15, 0.2) is 6.61 Å². The van der Waals surface area contributed by atoms with Crippen molar-refractivity contribution in [3.8, 4) is 5.75 Å². The van der Waals surface area contributed by atoms with Gasteiger partial charge in [-0.1, -0.05) is 97.4 Å². The van der Waals surface area contributed by atoms with Crippen molar-refractivity contribution in [2.24, 2.45) is 0 Å². The number of hydrogen-bond donors (Lipinski definition) is 1. The van der Waals surface area contributed by atoms with Crippen molar-refractivity contribution in [1.29, 1.82) is 0 Å². The number of carbonyl (C=O) groups is 2. The summed E-state index contributed by atoms with van der Waals surface area (Å²) in [5.74, 6) is 0.561. The van der Waals surface area contributed by atoms with Gasteiger partial charge in [-0.05, 0) is 47.2 Å². The molecule has 3 aromatic rings. The predicted molar refractivity (Wildman–Crippen MR) is 148 cm³/mol. The van der Waals surface area contributed by atoms with Gasteiger partial charge in [0.25, 0.3) is 5.91 Å². The normalized spacial score (nSPS) is 11.7. The summed E-state index contributed by atoms with van der Waals surface area (Å²) in [6.45, 7) is 6.90. The first-order valence-corrected chi connectivity index (χ1v) is 13.3. The average molecular weight is 552 g/mol. The van der Waals surface area contributed by atoms with Crippen molar-refractivity contribution in [3.05, 3.63) is 100 Å². The second kappa shape index (κ2) is 13.8. The van der Waals surface area contributed by atoms with Crippen molar-refractivity contribution in [1.82, 2.24) is 10.2 Å². The third kappa shape index (κ3) is 7.95. The summed E-state index contributed by atoms with van der Waals surface area (Å²) in [6, 6.07) is 24.7. The van der Waals surface area contributed by atoms with Gasteiger partial charge in [0.2, 0.25) is 5.91 Å². The Balaban J connectivity index is 1.91. The van der Waals surface area contributed by atoms with Crippen LogP contribution in [0, 0.1) is 0 Å². The third-order valence-corrected chi connectivity index (χ3v) is 6.45. The summed E-state index contributed by atoms with van der Waals surface area (Å²) in [6.07, 6.45) is 1.23. The number of amides is 2. The molecule has 1 atom stereocenters. The minimum Gasteiger partial charge on any atom is -0.483 e. The molecule has 36 heavy (non-hydrogen) atoms. The lowest BCUT2D eigenvalue weighted by atomic mass is 10.0. The van der Waals surface area contributed by atoms with Crippen LogP contribution < -0.4 is 10.1 Å². The maximum absolute atomic E-state index is 13.7. The van der Waals surface area contributed by atoms with Crippen LogP contribution in [0.3, 0.4) is 0 Å². The van der Waals surface area contributed by atoms with Gasteiger partial charge in [0, 0.05) is 24.0 Å². The summed E-state index contributed by atoms with van der Waals surface area (Å²) in [7, 11) is 0. The van der Waals surface area contributed by atoms with Crippen LogP contribution in [0.4, 0.5) is 0 Å². The number of nitrogens with zero attached hydrogens (tertiary/aromatic N) is 1. The molecule has 0 fully saturated rings. The first kappa shape index (κ1) is 27.5.